The van der Waals surface area contributed by atoms with Crippen molar-refractivity contribution in [3.63, 3.8) is 0 Å². The van der Waals surface area contributed by atoms with E-state index >= 15 is 0 Å². The summed E-state index contributed by atoms with van der Waals surface area (Å²) in [7, 11) is 0. The molecular formula is C28H32N4O3. The van der Waals surface area contributed by atoms with Crippen LogP contribution in [0.25, 0.3) is 11.1 Å². The molecule has 0 aliphatic heterocycles. The summed E-state index contributed by atoms with van der Waals surface area (Å²) < 4.78 is 0. The number of aryl methyl sites for hydroxylation is 1. The quantitative estimate of drug-likeness (QED) is 0.413. The van der Waals surface area contributed by atoms with Gasteiger partial charge in [-0.15, -0.1) is 0 Å². The largest absolute Gasteiger partial charge is 0.481 e. The molecule has 7 nitrogen and oxygen atoms in total. The van der Waals surface area contributed by atoms with Gasteiger partial charge < -0.3 is 15.5 Å². The average molecular weight is 473 g/mol. The molecule has 0 saturated heterocycles. The summed E-state index contributed by atoms with van der Waals surface area (Å²) >= 11 is 0. The molecule has 0 unspecified atom stereocenters. The van der Waals surface area contributed by atoms with Gasteiger partial charge in [0.2, 0.25) is 5.95 Å². The monoisotopic (exact) mass is 472 g/mol. The maximum Gasteiger partial charge on any atom is 0.306 e. The van der Waals surface area contributed by atoms with Crippen LogP contribution in [0.3, 0.4) is 0 Å². The van der Waals surface area contributed by atoms with E-state index < -0.39 is 11.6 Å². The van der Waals surface area contributed by atoms with Crippen molar-refractivity contribution < 1.29 is 15.0 Å². The number of aromatic nitrogens is 3. The maximum atomic E-state index is 11.3. The van der Waals surface area contributed by atoms with Crippen molar-refractivity contribution in [1.29, 1.82) is 0 Å². The van der Waals surface area contributed by atoms with Crippen molar-refractivity contribution in [3.05, 3.63) is 65.7 Å². The van der Waals surface area contributed by atoms with E-state index in [1.54, 1.807) is 13.1 Å². The lowest BCUT2D eigenvalue weighted by Crippen LogP contribution is -2.36. The van der Waals surface area contributed by atoms with Crippen LogP contribution in [0.4, 0.5) is 11.6 Å². The maximum absolute atomic E-state index is 11.3. The Hall–Kier alpha value is -3.32. The molecule has 182 valence electrons. The lowest BCUT2D eigenvalue weighted by molar-refractivity contribution is -0.144. The molecule has 0 amide bonds. The Bertz CT molecular complexity index is 1210. The fourth-order valence-corrected chi connectivity index (χ4v) is 5.17. The zero-order valence-corrected chi connectivity index (χ0v) is 20.2. The fourth-order valence-electron chi connectivity index (χ4n) is 5.17. The van der Waals surface area contributed by atoms with Crippen molar-refractivity contribution in [2.45, 2.75) is 63.9 Å². The van der Waals surface area contributed by atoms with Gasteiger partial charge in [-0.05, 0) is 93.7 Å². The van der Waals surface area contributed by atoms with E-state index in [0.717, 1.165) is 28.1 Å². The summed E-state index contributed by atoms with van der Waals surface area (Å²) in [6, 6.07) is 12.1. The number of hydrogen-bond acceptors (Lipinski definition) is 6. The number of carbonyl (C=O) groups is 1. The minimum Gasteiger partial charge on any atom is -0.481 e. The van der Waals surface area contributed by atoms with Crippen LogP contribution in [0, 0.1) is 18.8 Å². The van der Waals surface area contributed by atoms with E-state index in [1.165, 1.54) is 12.8 Å². The van der Waals surface area contributed by atoms with Gasteiger partial charge in [-0.2, -0.15) is 0 Å². The molecule has 2 saturated carbocycles. The van der Waals surface area contributed by atoms with Crippen LogP contribution in [-0.4, -0.2) is 31.1 Å². The van der Waals surface area contributed by atoms with Crippen LogP contribution < -0.4 is 5.32 Å². The summed E-state index contributed by atoms with van der Waals surface area (Å²) in [6.07, 6.45) is 8.57. The van der Waals surface area contributed by atoms with Crippen LogP contribution in [0.5, 0.6) is 0 Å². The second kappa shape index (κ2) is 9.38. The summed E-state index contributed by atoms with van der Waals surface area (Å²) in [5.74, 6) is 0.134. The van der Waals surface area contributed by atoms with Crippen LogP contribution in [0.1, 0.15) is 68.3 Å². The SMILES string of the molecule is Cc1cc(Nc2nccc(C3CC3)n2)cc(-c2ccc([C@](C)(O)C3CCC(C(=O)O)CC3)nc2)c1. The lowest BCUT2D eigenvalue weighted by Gasteiger charge is -2.36. The molecular weight excluding hydrogens is 440 g/mol. The Kier molecular flexibility index (Phi) is 6.28. The first-order valence-electron chi connectivity index (χ1n) is 12.4. The van der Waals surface area contributed by atoms with Gasteiger partial charge >= 0.3 is 5.97 Å². The summed E-state index contributed by atoms with van der Waals surface area (Å²) in [4.78, 5) is 24.9. The Morgan fingerprint density at radius 3 is 2.43 bits per heavy atom. The second-order valence-electron chi connectivity index (χ2n) is 10.3. The van der Waals surface area contributed by atoms with Gasteiger partial charge in [0.1, 0.15) is 5.60 Å². The molecule has 0 spiro atoms. The molecule has 2 heterocycles. The van der Waals surface area contributed by atoms with E-state index in [0.29, 0.717) is 43.2 Å². The number of anilines is 2. The average Bonchev–Trinajstić information content (AvgIpc) is 3.70. The summed E-state index contributed by atoms with van der Waals surface area (Å²) in [5, 5.41) is 23.9. The third kappa shape index (κ3) is 5.20. The zero-order valence-electron chi connectivity index (χ0n) is 20.2. The second-order valence-corrected chi connectivity index (χ2v) is 10.3. The number of benzene rings is 1. The van der Waals surface area contributed by atoms with Gasteiger partial charge in [-0.1, -0.05) is 12.1 Å². The van der Waals surface area contributed by atoms with E-state index in [4.69, 9.17) is 0 Å². The number of aliphatic carboxylic acids is 1. The molecule has 35 heavy (non-hydrogen) atoms. The number of aliphatic hydroxyl groups is 1. The highest BCUT2D eigenvalue weighted by Gasteiger charge is 2.38. The van der Waals surface area contributed by atoms with Gasteiger partial charge in [-0.3, -0.25) is 9.78 Å². The number of hydrogen-bond donors (Lipinski definition) is 3. The number of nitrogens with one attached hydrogen (secondary N) is 1. The minimum atomic E-state index is -1.09. The third-order valence-electron chi connectivity index (χ3n) is 7.49. The molecule has 3 N–H and O–H groups in total. The first-order valence-corrected chi connectivity index (χ1v) is 12.4. The van der Waals surface area contributed by atoms with E-state index in [-0.39, 0.29) is 11.8 Å². The van der Waals surface area contributed by atoms with Crippen LogP contribution in [0.2, 0.25) is 0 Å². The zero-order chi connectivity index (χ0) is 24.6. The Morgan fingerprint density at radius 1 is 1.00 bits per heavy atom. The normalized spacial score (nSPS) is 21.8. The van der Waals surface area contributed by atoms with Crippen molar-refractivity contribution in [2.75, 3.05) is 5.32 Å². The molecule has 0 bridgehead atoms. The van der Waals surface area contributed by atoms with Crippen molar-refractivity contribution >= 4 is 17.6 Å². The number of rotatable bonds is 7. The van der Waals surface area contributed by atoms with Crippen LogP contribution >= 0.6 is 0 Å². The molecule has 1 atom stereocenters. The molecule has 2 aliphatic rings. The molecule has 2 fully saturated rings. The molecule has 7 heteroatoms. The fraction of sp³-hybridized carbons (Fsp3) is 0.429. The number of carboxylic acid groups (broad SMARTS) is 1. The van der Waals surface area contributed by atoms with Gasteiger partial charge in [0.05, 0.1) is 11.6 Å². The van der Waals surface area contributed by atoms with E-state index in [2.05, 4.69) is 45.4 Å². The van der Waals surface area contributed by atoms with E-state index in [1.807, 2.05) is 24.4 Å². The van der Waals surface area contributed by atoms with Crippen molar-refractivity contribution in [2.24, 2.45) is 11.8 Å². The van der Waals surface area contributed by atoms with Crippen molar-refractivity contribution in [3.8, 4) is 11.1 Å². The summed E-state index contributed by atoms with van der Waals surface area (Å²) in [5.41, 5.74) is 4.62. The molecule has 1 aromatic carbocycles. The van der Waals surface area contributed by atoms with E-state index in [9.17, 15) is 15.0 Å². The van der Waals surface area contributed by atoms with Gasteiger partial charge in [0.15, 0.2) is 0 Å². The number of carboxylic acids is 1. The Morgan fingerprint density at radius 2 is 1.77 bits per heavy atom. The van der Waals surface area contributed by atoms with Gasteiger partial charge in [-0.25, -0.2) is 9.97 Å². The predicted molar refractivity (Wildman–Crippen MR) is 134 cm³/mol. The Balaban J connectivity index is 1.32. The summed E-state index contributed by atoms with van der Waals surface area (Å²) in [6.45, 7) is 3.85. The van der Waals surface area contributed by atoms with Gasteiger partial charge in [0, 0.05) is 35.3 Å². The molecule has 3 aromatic rings. The molecule has 5 rings (SSSR count). The first kappa shape index (κ1) is 23.4. The van der Waals surface area contributed by atoms with Gasteiger partial charge in [0.25, 0.3) is 0 Å². The number of pyridine rings is 1. The minimum absolute atomic E-state index is 0.00220. The molecule has 2 aromatic heterocycles. The predicted octanol–water partition coefficient (Wildman–Crippen LogP) is 5.57. The highest BCUT2D eigenvalue weighted by Crippen LogP contribution is 2.41. The lowest BCUT2D eigenvalue weighted by atomic mass is 9.73. The standard InChI is InChI=1S/C28H32N4O3/c1-17-13-21(15-23(14-17)31-27-29-12-11-24(32-27)18-3-4-18)20-7-10-25(30-16-20)28(2,35)22-8-5-19(6-9-22)26(33)34/h7,10-16,18-19,22,35H,3-6,8-9H2,1-2H3,(H,33,34)(H,29,31,32)/t19?,22?,28-/m1/s1. The highest BCUT2D eigenvalue weighted by atomic mass is 16.4. The highest BCUT2D eigenvalue weighted by molar-refractivity contribution is 5.71. The topological polar surface area (TPSA) is 108 Å². The van der Waals surface area contributed by atoms with Crippen molar-refractivity contribution in [1.82, 2.24) is 15.0 Å². The number of nitrogens with zero attached hydrogens (tertiary/aromatic N) is 3. The molecule has 0 radical (unpaired) electrons. The van der Waals surface area contributed by atoms with Crippen LogP contribution in [-0.2, 0) is 10.4 Å². The molecule has 2 aliphatic carbocycles. The first-order chi connectivity index (χ1) is 16.8. The third-order valence-corrected chi connectivity index (χ3v) is 7.49. The smallest absolute Gasteiger partial charge is 0.306 e. The van der Waals surface area contributed by atoms with Crippen LogP contribution in [0.15, 0.2) is 48.8 Å². The Labute approximate surface area is 205 Å².